The Bertz CT molecular complexity index is 643. The Kier molecular flexibility index (Phi) is 4.18. The van der Waals surface area contributed by atoms with Gasteiger partial charge in [-0.05, 0) is 41.5 Å². The fourth-order valence-electron chi connectivity index (χ4n) is 2.72. The van der Waals surface area contributed by atoms with E-state index in [1.807, 2.05) is 34.9 Å². The van der Waals surface area contributed by atoms with Crippen molar-refractivity contribution >= 4 is 22.6 Å². The molecule has 0 bridgehead atoms. The van der Waals surface area contributed by atoms with E-state index in [-0.39, 0.29) is 5.56 Å². The molecule has 0 N–H and O–H groups in total. The highest BCUT2D eigenvalue weighted by Gasteiger charge is 2.16. The van der Waals surface area contributed by atoms with Gasteiger partial charge in [-0.3, -0.25) is 14.0 Å². The third-order valence-electron chi connectivity index (χ3n) is 3.80. The molecule has 3 rings (SSSR count). The minimum absolute atomic E-state index is 0.00665. The van der Waals surface area contributed by atoms with Crippen molar-refractivity contribution in [1.29, 1.82) is 0 Å². The smallest absolute Gasteiger partial charge is 0.267 e. The van der Waals surface area contributed by atoms with Gasteiger partial charge in [0.15, 0.2) is 0 Å². The lowest BCUT2D eigenvalue weighted by molar-refractivity contribution is 0.328. The number of hydrogen-bond acceptors (Lipinski definition) is 3. The minimum atomic E-state index is -0.00665. The lowest BCUT2D eigenvalue weighted by Crippen LogP contribution is -2.23. The van der Waals surface area contributed by atoms with Crippen LogP contribution in [-0.2, 0) is 6.54 Å². The second-order valence-electron chi connectivity index (χ2n) is 5.25. The van der Waals surface area contributed by atoms with Gasteiger partial charge >= 0.3 is 0 Å². The van der Waals surface area contributed by atoms with Gasteiger partial charge in [-0.1, -0.05) is 19.3 Å². The normalized spacial score (nSPS) is 16.4. The molecule has 6 heteroatoms. The molecule has 0 spiro atoms. The van der Waals surface area contributed by atoms with Gasteiger partial charge in [-0.2, -0.15) is 5.10 Å². The largest absolute Gasteiger partial charge is 0.292 e. The Morgan fingerprint density at radius 3 is 2.90 bits per heavy atom. The van der Waals surface area contributed by atoms with Crippen LogP contribution < -0.4 is 5.56 Å². The number of halogens is 1. The SMILES string of the molecule is O=c1c(I)cncn1Cc1ccn(C2CCCCC2)n1. The van der Waals surface area contributed by atoms with Crippen LogP contribution >= 0.6 is 22.6 Å². The molecule has 2 aromatic heterocycles. The second-order valence-corrected chi connectivity index (χ2v) is 6.42. The quantitative estimate of drug-likeness (QED) is 0.765. The molecular formula is C14H17IN4O. The molecule has 2 aromatic rings. The standard InChI is InChI=1S/C14H17IN4O/c15-13-8-16-10-18(14(13)20)9-11-6-7-19(17-11)12-4-2-1-3-5-12/h6-8,10,12H,1-5,9H2. The fourth-order valence-corrected chi connectivity index (χ4v) is 3.19. The zero-order valence-electron chi connectivity index (χ0n) is 11.2. The van der Waals surface area contributed by atoms with Gasteiger partial charge in [0.05, 0.1) is 28.2 Å². The summed E-state index contributed by atoms with van der Waals surface area (Å²) in [5.41, 5.74) is 0.911. The molecule has 5 nitrogen and oxygen atoms in total. The molecule has 2 heterocycles. The van der Waals surface area contributed by atoms with Crippen molar-refractivity contribution in [2.75, 3.05) is 0 Å². The van der Waals surface area contributed by atoms with E-state index in [9.17, 15) is 4.79 Å². The Morgan fingerprint density at radius 2 is 2.10 bits per heavy atom. The zero-order chi connectivity index (χ0) is 13.9. The van der Waals surface area contributed by atoms with Gasteiger partial charge in [0.2, 0.25) is 0 Å². The van der Waals surface area contributed by atoms with Gasteiger partial charge in [0.25, 0.3) is 5.56 Å². The molecule has 0 aliphatic heterocycles. The molecule has 0 radical (unpaired) electrons. The maximum absolute atomic E-state index is 12.0. The summed E-state index contributed by atoms with van der Waals surface area (Å²) in [6.45, 7) is 0.488. The first kappa shape index (κ1) is 13.8. The third-order valence-corrected chi connectivity index (χ3v) is 4.54. The number of nitrogens with zero attached hydrogens (tertiary/aromatic N) is 4. The van der Waals surface area contributed by atoms with E-state index in [0.717, 1.165) is 5.69 Å². The average molecular weight is 384 g/mol. The van der Waals surface area contributed by atoms with Crippen molar-refractivity contribution in [3.8, 4) is 0 Å². The molecule has 0 atom stereocenters. The van der Waals surface area contributed by atoms with Gasteiger partial charge in [-0.15, -0.1) is 0 Å². The van der Waals surface area contributed by atoms with E-state index in [4.69, 9.17) is 0 Å². The van der Waals surface area contributed by atoms with Gasteiger partial charge in [0, 0.05) is 12.4 Å². The first-order valence-corrected chi connectivity index (χ1v) is 8.06. The van der Waals surface area contributed by atoms with Crippen LogP contribution in [-0.4, -0.2) is 19.3 Å². The molecule has 1 aliphatic rings. The molecule has 0 unspecified atom stereocenters. The molecule has 0 amide bonds. The van der Waals surface area contributed by atoms with E-state index < -0.39 is 0 Å². The summed E-state index contributed by atoms with van der Waals surface area (Å²) >= 11 is 2.01. The maximum Gasteiger partial charge on any atom is 0.267 e. The van der Waals surface area contributed by atoms with E-state index in [2.05, 4.69) is 14.8 Å². The van der Waals surface area contributed by atoms with Gasteiger partial charge < -0.3 is 0 Å². The summed E-state index contributed by atoms with van der Waals surface area (Å²) in [6.07, 6.45) is 11.5. The van der Waals surface area contributed by atoms with Crippen molar-refractivity contribution in [2.24, 2.45) is 0 Å². The van der Waals surface area contributed by atoms with E-state index >= 15 is 0 Å². The predicted molar refractivity (Wildman–Crippen MR) is 84.7 cm³/mol. The summed E-state index contributed by atoms with van der Waals surface area (Å²) in [6, 6.07) is 2.53. The molecule has 1 fully saturated rings. The van der Waals surface area contributed by atoms with Gasteiger partial charge in [-0.25, -0.2) is 4.98 Å². The van der Waals surface area contributed by atoms with Crippen LogP contribution in [0.5, 0.6) is 0 Å². The lowest BCUT2D eigenvalue weighted by atomic mass is 9.96. The van der Waals surface area contributed by atoms with Gasteiger partial charge in [0.1, 0.15) is 0 Å². The van der Waals surface area contributed by atoms with Crippen LogP contribution in [0, 0.1) is 3.57 Å². The molecule has 106 valence electrons. The highest BCUT2D eigenvalue weighted by atomic mass is 127. The highest BCUT2D eigenvalue weighted by Crippen LogP contribution is 2.27. The molecule has 0 aromatic carbocycles. The predicted octanol–water partition coefficient (Wildman–Crippen LogP) is 2.60. The van der Waals surface area contributed by atoms with Crippen LogP contribution in [0.4, 0.5) is 0 Å². The number of aromatic nitrogens is 4. The average Bonchev–Trinajstić information content (AvgIpc) is 2.93. The monoisotopic (exact) mass is 384 g/mol. The topological polar surface area (TPSA) is 52.7 Å². The van der Waals surface area contributed by atoms with E-state index in [1.165, 1.54) is 32.1 Å². The van der Waals surface area contributed by atoms with Crippen LogP contribution in [0.3, 0.4) is 0 Å². The molecular weight excluding hydrogens is 367 g/mol. The first-order valence-electron chi connectivity index (χ1n) is 6.98. The fraction of sp³-hybridized carbons (Fsp3) is 0.500. The Labute approximate surface area is 131 Å². The van der Waals surface area contributed by atoms with Crippen molar-refractivity contribution in [3.63, 3.8) is 0 Å². The summed E-state index contributed by atoms with van der Waals surface area (Å²) in [5.74, 6) is 0. The maximum atomic E-state index is 12.0. The molecule has 20 heavy (non-hydrogen) atoms. The summed E-state index contributed by atoms with van der Waals surface area (Å²) in [5, 5.41) is 4.63. The molecule has 0 saturated heterocycles. The van der Waals surface area contributed by atoms with Crippen LogP contribution in [0.25, 0.3) is 0 Å². The van der Waals surface area contributed by atoms with Crippen molar-refractivity contribution in [3.05, 3.63) is 44.4 Å². The van der Waals surface area contributed by atoms with Crippen LogP contribution in [0.1, 0.15) is 43.8 Å². The Morgan fingerprint density at radius 1 is 1.30 bits per heavy atom. The second kappa shape index (κ2) is 6.07. The zero-order valence-corrected chi connectivity index (χ0v) is 13.4. The van der Waals surface area contributed by atoms with Crippen molar-refractivity contribution in [2.45, 2.75) is 44.7 Å². The summed E-state index contributed by atoms with van der Waals surface area (Å²) < 4.78 is 4.31. The minimum Gasteiger partial charge on any atom is -0.292 e. The summed E-state index contributed by atoms with van der Waals surface area (Å²) in [4.78, 5) is 16.0. The van der Waals surface area contributed by atoms with Crippen LogP contribution in [0.15, 0.2) is 29.6 Å². The van der Waals surface area contributed by atoms with Crippen molar-refractivity contribution in [1.82, 2.24) is 19.3 Å². The third kappa shape index (κ3) is 2.94. The Balaban J connectivity index is 1.77. The number of rotatable bonds is 3. The molecule has 1 saturated carbocycles. The van der Waals surface area contributed by atoms with Crippen LogP contribution in [0.2, 0.25) is 0 Å². The highest BCUT2D eigenvalue weighted by molar-refractivity contribution is 14.1. The van der Waals surface area contributed by atoms with E-state index in [0.29, 0.717) is 16.2 Å². The van der Waals surface area contributed by atoms with E-state index in [1.54, 1.807) is 17.1 Å². The Hall–Kier alpha value is -1.18. The lowest BCUT2D eigenvalue weighted by Gasteiger charge is -2.21. The van der Waals surface area contributed by atoms with Crippen molar-refractivity contribution < 1.29 is 0 Å². The number of hydrogen-bond donors (Lipinski definition) is 0. The first-order chi connectivity index (χ1) is 9.74. The molecule has 1 aliphatic carbocycles. The summed E-state index contributed by atoms with van der Waals surface area (Å²) in [7, 11) is 0.